The molecule has 0 aromatic heterocycles. The van der Waals surface area contributed by atoms with Crippen LogP contribution in [0, 0.1) is 28.6 Å². The number of rotatable bonds is 3. The highest BCUT2D eigenvalue weighted by Crippen LogP contribution is 2.46. The summed E-state index contributed by atoms with van der Waals surface area (Å²) in [4.78, 5) is 0. The lowest BCUT2D eigenvalue weighted by molar-refractivity contribution is 0.00578. The second-order valence-corrected chi connectivity index (χ2v) is 7.79. The Bertz CT molecular complexity index is 595. The highest BCUT2D eigenvalue weighted by atomic mass is 16.7. The number of hydrogen-bond acceptors (Lipinski definition) is 6. The summed E-state index contributed by atoms with van der Waals surface area (Å²) in [5.74, 6) is 0.0412. The van der Waals surface area contributed by atoms with Crippen LogP contribution in [0.3, 0.4) is 0 Å². The first-order chi connectivity index (χ1) is 10.7. The average molecular weight is 314 g/mol. The van der Waals surface area contributed by atoms with Crippen LogP contribution in [-0.2, 0) is 9.31 Å². The summed E-state index contributed by atoms with van der Waals surface area (Å²) in [6.07, 6.45) is 3.85. The predicted molar refractivity (Wildman–Crippen MR) is 85.3 cm³/mol. The quantitative estimate of drug-likeness (QED) is 0.801. The molecule has 0 aromatic rings. The first kappa shape index (κ1) is 16.3. The van der Waals surface area contributed by atoms with E-state index in [1.54, 1.807) is 0 Å². The molecule has 3 rings (SSSR count). The topological polar surface area (TPSA) is 81.3 Å². The van der Waals surface area contributed by atoms with Crippen molar-refractivity contribution in [3.05, 3.63) is 11.7 Å². The molecule has 1 aliphatic carbocycles. The normalized spacial score (nSPS) is 34.5. The molecule has 2 fully saturated rings. The maximum absolute atomic E-state index is 9.14. The van der Waals surface area contributed by atoms with Crippen LogP contribution in [0.2, 0.25) is 0 Å². The standard InChI is InChI=1S/C16H23BN4O2/c1-14(2)15(3,4)23-17(22-14)13-10-20-21(11-13)16(5-6-18)7-12(8-16)9-19/h11-12,20H,5,7-8,10H2,1-4H3. The van der Waals surface area contributed by atoms with Gasteiger partial charge in [-0.2, -0.15) is 10.5 Å². The molecule has 0 amide bonds. The van der Waals surface area contributed by atoms with E-state index >= 15 is 0 Å². The molecule has 0 unspecified atom stereocenters. The Morgan fingerprint density at radius 2 is 1.87 bits per heavy atom. The van der Waals surface area contributed by atoms with Crippen LogP contribution in [-0.4, -0.2) is 35.4 Å². The van der Waals surface area contributed by atoms with Gasteiger partial charge in [-0.15, -0.1) is 0 Å². The molecule has 2 heterocycles. The van der Waals surface area contributed by atoms with Crippen molar-refractivity contribution in [1.29, 1.82) is 10.5 Å². The van der Waals surface area contributed by atoms with Gasteiger partial charge in [-0.3, -0.25) is 0 Å². The summed E-state index contributed by atoms with van der Waals surface area (Å²) in [5, 5.41) is 20.2. The summed E-state index contributed by atoms with van der Waals surface area (Å²) in [5.41, 5.74) is 3.36. The van der Waals surface area contributed by atoms with E-state index in [9.17, 15) is 0 Å². The minimum atomic E-state index is -0.372. The largest absolute Gasteiger partial charge is 0.493 e. The van der Waals surface area contributed by atoms with Crippen LogP contribution in [0.4, 0.5) is 0 Å². The van der Waals surface area contributed by atoms with Crippen molar-refractivity contribution < 1.29 is 9.31 Å². The summed E-state index contributed by atoms with van der Waals surface area (Å²) in [7, 11) is -0.372. The van der Waals surface area contributed by atoms with Crippen molar-refractivity contribution >= 4 is 7.12 Å². The average Bonchev–Trinajstić information content (AvgIpc) is 2.97. The van der Waals surface area contributed by atoms with Gasteiger partial charge in [-0.05, 0) is 46.0 Å². The summed E-state index contributed by atoms with van der Waals surface area (Å²) < 4.78 is 12.2. The molecular formula is C16H23BN4O2. The third kappa shape index (κ3) is 2.53. The van der Waals surface area contributed by atoms with Gasteiger partial charge in [-0.25, -0.2) is 5.43 Å². The lowest BCUT2D eigenvalue weighted by Crippen LogP contribution is -2.58. The zero-order valence-electron chi connectivity index (χ0n) is 14.2. The Morgan fingerprint density at radius 3 is 2.39 bits per heavy atom. The van der Waals surface area contributed by atoms with Gasteiger partial charge < -0.3 is 14.3 Å². The zero-order chi connectivity index (χ0) is 16.9. The Morgan fingerprint density at radius 1 is 1.26 bits per heavy atom. The van der Waals surface area contributed by atoms with E-state index in [0.717, 1.165) is 18.3 Å². The molecule has 1 N–H and O–H groups in total. The summed E-state index contributed by atoms with van der Waals surface area (Å²) in [6.45, 7) is 8.78. The molecular weight excluding hydrogens is 291 g/mol. The molecule has 122 valence electrons. The Balaban J connectivity index is 1.75. The summed E-state index contributed by atoms with van der Waals surface area (Å²) in [6, 6.07) is 4.55. The molecule has 23 heavy (non-hydrogen) atoms. The molecule has 7 heteroatoms. The second kappa shape index (κ2) is 5.24. The van der Waals surface area contributed by atoms with Crippen LogP contribution in [0.1, 0.15) is 47.0 Å². The lowest BCUT2D eigenvalue weighted by Gasteiger charge is -2.49. The number of nitrogens with one attached hydrogen (secondary N) is 1. The van der Waals surface area contributed by atoms with Gasteiger partial charge in [0.25, 0.3) is 0 Å². The predicted octanol–water partition coefficient (Wildman–Crippen LogP) is 1.91. The van der Waals surface area contributed by atoms with Crippen molar-refractivity contribution in [3.63, 3.8) is 0 Å². The third-order valence-corrected chi connectivity index (χ3v) is 5.66. The number of hydrogen-bond donors (Lipinski definition) is 1. The maximum atomic E-state index is 9.14. The minimum absolute atomic E-state index is 0.0412. The van der Waals surface area contributed by atoms with E-state index in [0.29, 0.717) is 13.0 Å². The smallest absolute Gasteiger partial charge is 0.399 e. The van der Waals surface area contributed by atoms with E-state index < -0.39 is 0 Å². The Kier molecular flexibility index (Phi) is 3.72. The monoisotopic (exact) mass is 314 g/mol. The molecule has 0 atom stereocenters. The van der Waals surface area contributed by atoms with Gasteiger partial charge >= 0.3 is 7.12 Å². The Labute approximate surface area is 138 Å². The molecule has 0 radical (unpaired) electrons. The van der Waals surface area contributed by atoms with Gasteiger partial charge in [0, 0.05) is 12.7 Å². The van der Waals surface area contributed by atoms with E-state index in [1.807, 2.05) is 38.9 Å². The van der Waals surface area contributed by atoms with Crippen LogP contribution < -0.4 is 5.43 Å². The van der Waals surface area contributed by atoms with E-state index in [2.05, 4.69) is 17.6 Å². The fourth-order valence-corrected chi connectivity index (χ4v) is 3.40. The first-order valence-electron chi connectivity index (χ1n) is 8.09. The van der Waals surface area contributed by atoms with E-state index in [4.69, 9.17) is 19.8 Å². The van der Waals surface area contributed by atoms with Crippen LogP contribution >= 0.6 is 0 Å². The molecule has 0 bridgehead atoms. The maximum Gasteiger partial charge on any atom is 0.493 e. The van der Waals surface area contributed by atoms with Crippen LogP contribution in [0.5, 0.6) is 0 Å². The van der Waals surface area contributed by atoms with E-state index in [1.165, 1.54) is 0 Å². The highest BCUT2D eigenvalue weighted by Gasteiger charge is 2.54. The minimum Gasteiger partial charge on any atom is -0.399 e. The number of nitriles is 2. The molecule has 0 aromatic carbocycles. The van der Waals surface area contributed by atoms with Crippen LogP contribution in [0.25, 0.3) is 0 Å². The fraction of sp³-hybridized carbons (Fsp3) is 0.750. The van der Waals surface area contributed by atoms with Crippen molar-refractivity contribution in [3.8, 4) is 12.1 Å². The first-order valence-corrected chi connectivity index (χ1v) is 8.09. The zero-order valence-corrected chi connectivity index (χ0v) is 14.2. The third-order valence-electron chi connectivity index (χ3n) is 5.66. The number of nitrogens with zero attached hydrogens (tertiary/aromatic N) is 3. The van der Waals surface area contributed by atoms with Crippen LogP contribution in [0.15, 0.2) is 11.7 Å². The molecule has 3 aliphatic rings. The molecule has 2 aliphatic heterocycles. The van der Waals surface area contributed by atoms with Crippen molar-refractivity contribution in [2.24, 2.45) is 5.92 Å². The second-order valence-electron chi connectivity index (χ2n) is 7.79. The van der Waals surface area contributed by atoms with Crippen molar-refractivity contribution in [2.75, 3.05) is 6.54 Å². The highest BCUT2D eigenvalue weighted by molar-refractivity contribution is 6.54. The fourth-order valence-electron chi connectivity index (χ4n) is 3.40. The van der Waals surface area contributed by atoms with E-state index in [-0.39, 0.29) is 29.8 Å². The Hall–Kier alpha value is -1.54. The lowest BCUT2D eigenvalue weighted by atomic mass is 9.67. The van der Waals surface area contributed by atoms with Gasteiger partial charge in [0.2, 0.25) is 0 Å². The van der Waals surface area contributed by atoms with Gasteiger partial charge in [0.1, 0.15) is 0 Å². The molecule has 6 nitrogen and oxygen atoms in total. The van der Waals surface area contributed by atoms with Gasteiger partial charge in [0.15, 0.2) is 0 Å². The molecule has 0 spiro atoms. The van der Waals surface area contributed by atoms with Crippen molar-refractivity contribution in [1.82, 2.24) is 10.4 Å². The van der Waals surface area contributed by atoms with Gasteiger partial charge in [-0.1, -0.05) is 0 Å². The number of hydrazine groups is 1. The van der Waals surface area contributed by atoms with Crippen molar-refractivity contribution in [2.45, 2.75) is 63.7 Å². The van der Waals surface area contributed by atoms with Gasteiger partial charge in [0.05, 0.1) is 41.2 Å². The molecule has 1 saturated heterocycles. The SMILES string of the molecule is CC1(C)OB(C2=CN(C3(CC#N)CC(C#N)C3)NC2)OC1(C)C. The molecule has 1 saturated carbocycles. The summed E-state index contributed by atoms with van der Waals surface area (Å²) >= 11 is 0.